The van der Waals surface area contributed by atoms with Gasteiger partial charge >= 0.3 is 5.97 Å². The third kappa shape index (κ3) is 5.09. The maximum atomic E-state index is 13.2. The summed E-state index contributed by atoms with van der Waals surface area (Å²) in [5, 5.41) is 0.842. The number of aromatic nitrogens is 1. The van der Waals surface area contributed by atoms with E-state index in [1.165, 1.54) is 4.90 Å². The van der Waals surface area contributed by atoms with Crippen LogP contribution in [0.5, 0.6) is 0 Å². The van der Waals surface area contributed by atoms with Crippen molar-refractivity contribution in [1.29, 1.82) is 0 Å². The van der Waals surface area contributed by atoms with Crippen molar-refractivity contribution in [3.63, 3.8) is 0 Å². The molecular weight excluding hydrogens is 608 g/mol. The van der Waals surface area contributed by atoms with E-state index >= 15 is 0 Å². The van der Waals surface area contributed by atoms with Gasteiger partial charge in [0.15, 0.2) is 12.4 Å². The first-order valence-electron chi connectivity index (χ1n) is 13.0. The molecule has 0 unspecified atom stereocenters. The molecule has 1 saturated heterocycles. The maximum absolute atomic E-state index is 13.2. The van der Waals surface area contributed by atoms with Crippen molar-refractivity contribution in [2.24, 2.45) is 11.8 Å². The van der Waals surface area contributed by atoms with Crippen molar-refractivity contribution in [1.82, 2.24) is 4.98 Å². The molecule has 204 valence electrons. The van der Waals surface area contributed by atoms with Crippen LogP contribution in [0.2, 0.25) is 5.02 Å². The molecule has 41 heavy (non-hydrogen) atoms. The van der Waals surface area contributed by atoms with Crippen LogP contribution in [0.25, 0.3) is 22.2 Å². The van der Waals surface area contributed by atoms with Gasteiger partial charge in [-0.15, -0.1) is 0 Å². The van der Waals surface area contributed by atoms with Gasteiger partial charge in [0.25, 0.3) is 0 Å². The predicted octanol–water partition coefficient (Wildman–Crippen LogP) is 6.81. The maximum Gasteiger partial charge on any atom is 0.339 e. The van der Waals surface area contributed by atoms with Crippen LogP contribution in [0.4, 0.5) is 5.69 Å². The second kappa shape index (κ2) is 11.0. The number of Topliss-reactive ketones (excluding diaryl/α,β-unsaturated/α-hetero) is 1. The normalized spacial score (nSPS) is 18.0. The number of amides is 2. The van der Waals surface area contributed by atoms with Crippen molar-refractivity contribution in [3.8, 4) is 11.3 Å². The zero-order valence-corrected chi connectivity index (χ0v) is 23.9. The van der Waals surface area contributed by atoms with E-state index in [1.807, 2.05) is 12.2 Å². The number of carbonyl (C=O) groups is 4. The molecule has 1 fully saturated rings. The number of esters is 1. The Kier molecular flexibility index (Phi) is 7.28. The summed E-state index contributed by atoms with van der Waals surface area (Å²) >= 11 is 9.79. The van der Waals surface area contributed by atoms with Crippen molar-refractivity contribution in [2.45, 2.75) is 12.8 Å². The number of allylic oxidation sites excluding steroid dienone is 2. The summed E-state index contributed by atoms with van der Waals surface area (Å²) in [5.74, 6) is -2.03. The summed E-state index contributed by atoms with van der Waals surface area (Å²) in [6.07, 6.45) is 5.04. The Hall–Kier alpha value is -4.14. The standard InChI is InChI=1S/C32H22BrClN2O5/c33-20-12-8-19(9-13-20)28(37)17-41-32(40)25-16-27(35-29-22(25)6-3-7-26(29)34)18-10-14-21(15-11-18)36-30(38)23-4-1-2-5-24(23)31(36)39/h1-3,6-16,23-24H,4-5,17H2/t23-,24+. The minimum absolute atomic E-state index is 0.185. The Labute approximate surface area is 248 Å². The van der Waals surface area contributed by atoms with Gasteiger partial charge in [-0.05, 0) is 49.2 Å². The molecule has 1 aromatic heterocycles. The van der Waals surface area contributed by atoms with E-state index in [0.717, 1.165) is 4.47 Å². The van der Waals surface area contributed by atoms with Crippen LogP contribution in [0.3, 0.4) is 0 Å². The monoisotopic (exact) mass is 628 g/mol. The summed E-state index contributed by atoms with van der Waals surface area (Å²) in [7, 11) is 0. The minimum atomic E-state index is -0.688. The molecule has 6 rings (SSSR count). The molecule has 0 saturated carbocycles. The molecule has 2 aliphatic rings. The molecule has 1 aliphatic heterocycles. The van der Waals surface area contributed by atoms with E-state index in [0.29, 0.717) is 51.3 Å². The van der Waals surface area contributed by atoms with Crippen LogP contribution >= 0.6 is 27.5 Å². The minimum Gasteiger partial charge on any atom is -0.454 e. The smallest absolute Gasteiger partial charge is 0.339 e. The van der Waals surface area contributed by atoms with E-state index < -0.39 is 12.6 Å². The number of fused-ring (bicyclic) bond motifs is 2. The van der Waals surface area contributed by atoms with Crippen molar-refractivity contribution in [3.05, 3.63) is 106 Å². The summed E-state index contributed by atoms with van der Waals surface area (Å²) in [5.41, 5.74) is 2.62. The fourth-order valence-electron chi connectivity index (χ4n) is 5.29. The Bertz CT molecular complexity index is 1720. The zero-order chi connectivity index (χ0) is 28.7. The molecule has 0 radical (unpaired) electrons. The lowest BCUT2D eigenvalue weighted by Crippen LogP contribution is -2.30. The number of anilines is 1. The Morgan fingerprint density at radius 3 is 2.24 bits per heavy atom. The van der Waals surface area contributed by atoms with Gasteiger partial charge in [-0.3, -0.25) is 19.3 Å². The fraction of sp³-hybridized carbons (Fsp3) is 0.156. The third-order valence-electron chi connectivity index (χ3n) is 7.44. The molecule has 7 nitrogen and oxygen atoms in total. The summed E-state index contributed by atoms with van der Waals surface area (Å²) in [6, 6.07) is 20.4. The molecule has 1 aliphatic carbocycles. The number of hydrogen-bond donors (Lipinski definition) is 0. The first-order valence-corrected chi connectivity index (χ1v) is 14.2. The summed E-state index contributed by atoms with van der Waals surface area (Å²) < 4.78 is 6.25. The van der Waals surface area contributed by atoms with Crippen molar-refractivity contribution >= 4 is 67.7 Å². The van der Waals surface area contributed by atoms with Gasteiger partial charge in [0, 0.05) is 21.0 Å². The Morgan fingerprint density at radius 2 is 1.59 bits per heavy atom. The van der Waals surface area contributed by atoms with Crippen molar-refractivity contribution < 1.29 is 23.9 Å². The van der Waals surface area contributed by atoms with Crippen LogP contribution in [-0.4, -0.2) is 35.2 Å². The SMILES string of the molecule is O=C(COC(=O)c1cc(-c2ccc(N3C(=O)[C@H]4CC=CC[C@H]4C3=O)cc2)nc2c(Cl)cccc12)c1ccc(Br)cc1. The van der Waals surface area contributed by atoms with Gasteiger partial charge in [0.2, 0.25) is 11.8 Å². The lowest BCUT2D eigenvalue weighted by atomic mass is 9.85. The van der Waals surface area contributed by atoms with Crippen LogP contribution in [0.15, 0.2) is 89.4 Å². The fourth-order valence-corrected chi connectivity index (χ4v) is 5.78. The second-order valence-electron chi connectivity index (χ2n) is 9.91. The number of pyridine rings is 1. The number of para-hydroxylation sites is 1. The number of ether oxygens (including phenoxy) is 1. The highest BCUT2D eigenvalue weighted by Gasteiger charge is 2.47. The number of imide groups is 1. The van der Waals surface area contributed by atoms with Crippen LogP contribution in [-0.2, 0) is 14.3 Å². The molecule has 2 heterocycles. The molecule has 9 heteroatoms. The largest absolute Gasteiger partial charge is 0.454 e. The van der Waals surface area contributed by atoms with Crippen LogP contribution < -0.4 is 4.90 Å². The Morgan fingerprint density at radius 1 is 0.927 bits per heavy atom. The number of rotatable bonds is 6. The van der Waals surface area contributed by atoms with E-state index in [9.17, 15) is 19.2 Å². The van der Waals surface area contributed by atoms with Gasteiger partial charge in [-0.25, -0.2) is 9.78 Å². The lowest BCUT2D eigenvalue weighted by molar-refractivity contribution is -0.122. The molecule has 0 spiro atoms. The average molecular weight is 630 g/mol. The third-order valence-corrected chi connectivity index (χ3v) is 8.27. The highest BCUT2D eigenvalue weighted by Crippen LogP contribution is 2.38. The predicted molar refractivity (Wildman–Crippen MR) is 159 cm³/mol. The summed E-state index contributed by atoms with van der Waals surface area (Å²) in [4.78, 5) is 57.7. The molecule has 4 aromatic rings. The number of carbonyl (C=O) groups excluding carboxylic acids is 4. The molecule has 3 aromatic carbocycles. The van der Waals surface area contributed by atoms with E-state index in [4.69, 9.17) is 16.3 Å². The van der Waals surface area contributed by atoms with Crippen LogP contribution in [0.1, 0.15) is 33.6 Å². The number of nitrogens with zero attached hydrogens (tertiary/aromatic N) is 2. The lowest BCUT2D eigenvalue weighted by Gasteiger charge is -2.16. The van der Waals surface area contributed by atoms with Gasteiger partial charge < -0.3 is 4.74 Å². The van der Waals surface area contributed by atoms with Gasteiger partial charge in [-0.1, -0.05) is 76.1 Å². The van der Waals surface area contributed by atoms with Gasteiger partial charge in [0.05, 0.1) is 39.3 Å². The quantitative estimate of drug-likeness (QED) is 0.101. The van der Waals surface area contributed by atoms with Crippen LogP contribution in [0, 0.1) is 11.8 Å². The van der Waals surface area contributed by atoms with Gasteiger partial charge in [0.1, 0.15) is 0 Å². The highest BCUT2D eigenvalue weighted by atomic mass is 79.9. The number of halogens is 2. The van der Waals surface area contributed by atoms with E-state index in [1.54, 1.807) is 72.8 Å². The Balaban J connectivity index is 1.29. The molecule has 0 bridgehead atoms. The topological polar surface area (TPSA) is 93.6 Å². The second-order valence-corrected chi connectivity index (χ2v) is 11.2. The number of benzene rings is 3. The average Bonchev–Trinajstić information content (AvgIpc) is 3.25. The van der Waals surface area contributed by atoms with E-state index in [-0.39, 0.29) is 35.0 Å². The molecule has 2 amide bonds. The number of hydrogen-bond acceptors (Lipinski definition) is 6. The van der Waals surface area contributed by atoms with E-state index in [2.05, 4.69) is 20.9 Å². The molecule has 2 atom stereocenters. The molecular formula is C32H22BrClN2O5. The highest BCUT2D eigenvalue weighted by molar-refractivity contribution is 9.10. The first kappa shape index (κ1) is 27.1. The van der Waals surface area contributed by atoms with Crippen molar-refractivity contribution in [2.75, 3.05) is 11.5 Å². The van der Waals surface area contributed by atoms with Gasteiger partial charge in [-0.2, -0.15) is 0 Å². The number of ketones is 1. The first-order chi connectivity index (χ1) is 19.8. The summed E-state index contributed by atoms with van der Waals surface area (Å²) in [6.45, 7) is -0.426. The zero-order valence-electron chi connectivity index (χ0n) is 21.6. The molecule has 0 N–H and O–H groups in total.